The van der Waals surface area contributed by atoms with Crippen LogP contribution in [0.25, 0.3) is 0 Å². The third kappa shape index (κ3) is 6.51. The number of hydrogen-bond acceptors (Lipinski definition) is 4. The van der Waals surface area contributed by atoms with Crippen molar-refractivity contribution in [3.8, 4) is 11.5 Å². The van der Waals surface area contributed by atoms with Crippen LogP contribution >= 0.6 is 24.0 Å². The SMILES string of the molecule is CN=C(NCCc1ccc(OC)c(OC)c1)NCC1(c2ccccc2C)CCOCC1.I. The Morgan fingerprint density at radius 3 is 2.41 bits per heavy atom. The molecule has 0 unspecified atom stereocenters. The summed E-state index contributed by atoms with van der Waals surface area (Å²) in [6.45, 7) is 5.39. The van der Waals surface area contributed by atoms with Crippen LogP contribution in [0.15, 0.2) is 47.5 Å². The average Bonchev–Trinajstić information content (AvgIpc) is 2.82. The fourth-order valence-electron chi connectivity index (χ4n) is 4.31. The average molecular weight is 553 g/mol. The van der Waals surface area contributed by atoms with Crippen molar-refractivity contribution < 1.29 is 14.2 Å². The van der Waals surface area contributed by atoms with Crippen LogP contribution in [0.3, 0.4) is 0 Å². The summed E-state index contributed by atoms with van der Waals surface area (Å²) in [5.74, 6) is 2.32. The van der Waals surface area contributed by atoms with Crippen molar-refractivity contribution in [1.82, 2.24) is 10.6 Å². The van der Waals surface area contributed by atoms with Crippen LogP contribution in [0.5, 0.6) is 11.5 Å². The molecule has 0 saturated carbocycles. The molecular weight excluding hydrogens is 517 g/mol. The molecule has 1 fully saturated rings. The second kappa shape index (κ2) is 12.9. The van der Waals surface area contributed by atoms with Gasteiger partial charge in [-0.3, -0.25) is 4.99 Å². The number of aliphatic imine (C=N–C) groups is 1. The molecule has 0 radical (unpaired) electrons. The largest absolute Gasteiger partial charge is 0.493 e. The molecule has 7 heteroatoms. The van der Waals surface area contributed by atoms with Gasteiger partial charge in [0, 0.05) is 38.8 Å². The lowest BCUT2D eigenvalue weighted by Gasteiger charge is -2.39. The molecule has 1 saturated heterocycles. The molecule has 176 valence electrons. The Bertz CT molecular complexity index is 882. The van der Waals surface area contributed by atoms with Crippen molar-refractivity contribution in [2.75, 3.05) is 47.6 Å². The van der Waals surface area contributed by atoms with Gasteiger partial charge < -0.3 is 24.8 Å². The van der Waals surface area contributed by atoms with Crippen molar-refractivity contribution in [1.29, 1.82) is 0 Å². The lowest BCUT2D eigenvalue weighted by Crippen LogP contribution is -2.48. The highest BCUT2D eigenvalue weighted by Crippen LogP contribution is 2.36. The number of ether oxygens (including phenoxy) is 3. The van der Waals surface area contributed by atoms with Crippen LogP contribution in [0.4, 0.5) is 0 Å². The van der Waals surface area contributed by atoms with Crippen molar-refractivity contribution >= 4 is 29.9 Å². The number of halogens is 1. The highest BCUT2D eigenvalue weighted by atomic mass is 127. The molecule has 32 heavy (non-hydrogen) atoms. The van der Waals surface area contributed by atoms with Crippen LogP contribution in [0.2, 0.25) is 0 Å². The second-order valence-electron chi connectivity index (χ2n) is 8.00. The first-order chi connectivity index (χ1) is 15.1. The number of methoxy groups -OCH3 is 2. The highest BCUT2D eigenvalue weighted by molar-refractivity contribution is 14.0. The van der Waals surface area contributed by atoms with Crippen LogP contribution in [-0.4, -0.2) is 53.5 Å². The predicted octanol–water partition coefficient (Wildman–Crippen LogP) is 4.09. The molecule has 1 aliphatic rings. The van der Waals surface area contributed by atoms with Crippen molar-refractivity contribution in [2.24, 2.45) is 4.99 Å². The number of aryl methyl sites for hydroxylation is 1. The number of benzene rings is 2. The lowest BCUT2D eigenvalue weighted by molar-refractivity contribution is 0.0512. The first kappa shape index (κ1) is 26.3. The van der Waals surface area contributed by atoms with Gasteiger partial charge in [-0.15, -0.1) is 24.0 Å². The van der Waals surface area contributed by atoms with E-state index in [-0.39, 0.29) is 29.4 Å². The smallest absolute Gasteiger partial charge is 0.191 e. The quantitative estimate of drug-likeness (QED) is 0.293. The minimum atomic E-state index is 0. The molecule has 2 aromatic rings. The fourth-order valence-corrected chi connectivity index (χ4v) is 4.31. The summed E-state index contributed by atoms with van der Waals surface area (Å²) < 4.78 is 16.4. The maximum atomic E-state index is 5.68. The summed E-state index contributed by atoms with van der Waals surface area (Å²) in [4.78, 5) is 4.43. The van der Waals surface area contributed by atoms with Gasteiger partial charge in [-0.25, -0.2) is 0 Å². The van der Waals surface area contributed by atoms with E-state index in [0.717, 1.165) is 63.0 Å². The predicted molar refractivity (Wildman–Crippen MR) is 141 cm³/mol. The highest BCUT2D eigenvalue weighted by Gasteiger charge is 2.35. The third-order valence-corrected chi connectivity index (χ3v) is 6.14. The molecule has 0 bridgehead atoms. The van der Waals surface area contributed by atoms with E-state index in [1.165, 1.54) is 16.7 Å². The molecule has 2 aromatic carbocycles. The van der Waals surface area contributed by atoms with Gasteiger partial charge >= 0.3 is 0 Å². The Kier molecular flexibility index (Phi) is 10.6. The van der Waals surface area contributed by atoms with E-state index in [1.807, 2.05) is 19.2 Å². The van der Waals surface area contributed by atoms with Gasteiger partial charge in [0.2, 0.25) is 0 Å². The van der Waals surface area contributed by atoms with Crippen molar-refractivity contribution in [2.45, 2.75) is 31.6 Å². The molecule has 1 heterocycles. The molecule has 3 rings (SSSR count). The van der Waals surface area contributed by atoms with E-state index in [1.54, 1.807) is 14.2 Å². The number of nitrogens with one attached hydrogen (secondary N) is 2. The van der Waals surface area contributed by atoms with Gasteiger partial charge in [0.05, 0.1) is 14.2 Å². The van der Waals surface area contributed by atoms with Gasteiger partial charge in [-0.2, -0.15) is 0 Å². The van der Waals surface area contributed by atoms with E-state index >= 15 is 0 Å². The Balaban J connectivity index is 0.00000363. The molecule has 2 N–H and O–H groups in total. The zero-order chi connectivity index (χ0) is 22.1. The topological polar surface area (TPSA) is 64.1 Å². The molecule has 0 amide bonds. The van der Waals surface area contributed by atoms with E-state index in [4.69, 9.17) is 14.2 Å². The molecule has 6 nitrogen and oxygen atoms in total. The summed E-state index contributed by atoms with van der Waals surface area (Å²) in [6.07, 6.45) is 2.87. The first-order valence-corrected chi connectivity index (χ1v) is 10.9. The third-order valence-electron chi connectivity index (χ3n) is 6.14. The Hall–Kier alpha value is -2.00. The van der Waals surface area contributed by atoms with Crippen LogP contribution in [-0.2, 0) is 16.6 Å². The maximum Gasteiger partial charge on any atom is 0.191 e. The Morgan fingerprint density at radius 2 is 1.75 bits per heavy atom. The van der Waals surface area contributed by atoms with Crippen molar-refractivity contribution in [3.05, 3.63) is 59.2 Å². The maximum absolute atomic E-state index is 5.68. The number of rotatable bonds is 8. The van der Waals surface area contributed by atoms with E-state index < -0.39 is 0 Å². The van der Waals surface area contributed by atoms with Gasteiger partial charge in [-0.05, 0) is 55.0 Å². The molecule has 1 aliphatic heterocycles. The number of guanidine groups is 1. The molecule has 0 atom stereocenters. The molecule has 0 aromatic heterocycles. The zero-order valence-electron chi connectivity index (χ0n) is 19.6. The lowest BCUT2D eigenvalue weighted by atomic mass is 9.72. The molecule has 0 spiro atoms. The summed E-state index contributed by atoms with van der Waals surface area (Å²) in [5, 5.41) is 7.01. The van der Waals surface area contributed by atoms with Crippen LogP contribution < -0.4 is 20.1 Å². The number of hydrogen-bond donors (Lipinski definition) is 2. The standard InChI is InChI=1S/C25H35N3O3.HI/c1-19-7-5-6-8-21(19)25(12-15-31-16-13-25)18-28-24(26-2)27-14-11-20-9-10-22(29-3)23(17-20)30-4;/h5-10,17H,11-16,18H2,1-4H3,(H2,26,27,28);1H. The van der Waals surface area contributed by atoms with Gasteiger partial charge in [-0.1, -0.05) is 30.3 Å². The van der Waals surface area contributed by atoms with Gasteiger partial charge in [0.1, 0.15) is 0 Å². The van der Waals surface area contributed by atoms with Crippen LogP contribution in [0.1, 0.15) is 29.5 Å². The molecular formula is C25H36IN3O3. The summed E-state index contributed by atoms with van der Waals surface area (Å²) in [5.41, 5.74) is 3.99. The zero-order valence-corrected chi connectivity index (χ0v) is 21.9. The van der Waals surface area contributed by atoms with E-state index in [2.05, 4.69) is 52.9 Å². The Morgan fingerprint density at radius 1 is 1.03 bits per heavy atom. The normalized spacial score (nSPS) is 15.4. The first-order valence-electron chi connectivity index (χ1n) is 10.9. The molecule has 0 aliphatic carbocycles. The minimum absolute atomic E-state index is 0. The van der Waals surface area contributed by atoms with E-state index in [9.17, 15) is 0 Å². The van der Waals surface area contributed by atoms with Crippen molar-refractivity contribution in [3.63, 3.8) is 0 Å². The minimum Gasteiger partial charge on any atom is -0.493 e. The van der Waals surface area contributed by atoms with E-state index in [0.29, 0.717) is 0 Å². The fraction of sp³-hybridized carbons (Fsp3) is 0.480. The van der Waals surface area contributed by atoms with Crippen LogP contribution in [0, 0.1) is 6.92 Å². The monoisotopic (exact) mass is 553 g/mol. The summed E-state index contributed by atoms with van der Waals surface area (Å²) in [7, 11) is 5.12. The summed E-state index contributed by atoms with van der Waals surface area (Å²) >= 11 is 0. The Labute approximate surface area is 209 Å². The summed E-state index contributed by atoms with van der Waals surface area (Å²) in [6, 6.07) is 14.7. The number of nitrogens with zero attached hydrogens (tertiary/aromatic N) is 1. The van der Waals surface area contributed by atoms with Gasteiger partial charge in [0.25, 0.3) is 0 Å². The van der Waals surface area contributed by atoms with Gasteiger partial charge in [0.15, 0.2) is 17.5 Å². The second-order valence-corrected chi connectivity index (χ2v) is 8.00.